The van der Waals surface area contributed by atoms with Gasteiger partial charge >= 0.3 is 12.1 Å². The number of carbonyl (C=O) groups is 1. The fourth-order valence-corrected chi connectivity index (χ4v) is 3.48. The van der Waals surface area contributed by atoms with Crippen LogP contribution in [-0.2, 0) is 9.53 Å². The van der Waals surface area contributed by atoms with Crippen LogP contribution in [-0.4, -0.2) is 18.8 Å². The average molecular weight is 264 g/mol. The van der Waals surface area contributed by atoms with Gasteiger partial charge in [-0.05, 0) is 37.5 Å². The lowest BCUT2D eigenvalue weighted by Crippen LogP contribution is -2.49. The number of unbranched alkanes of at least 4 members (excludes halogenated alkanes) is 1. The van der Waals surface area contributed by atoms with Gasteiger partial charge in [0, 0.05) is 0 Å². The fourth-order valence-electron chi connectivity index (χ4n) is 3.48. The first-order valence-corrected chi connectivity index (χ1v) is 6.65. The Kier molecular flexibility index (Phi) is 3.60. The van der Waals surface area contributed by atoms with Gasteiger partial charge in [-0.3, -0.25) is 4.79 Å². The summed E-state index contributed by atoms with van der Waals surface area (Å²) in [5.41, 5.74) is -2.20. The van der Waals surface area contributed by atoms with Crippen molar-refractivity contribution >= 4 is 5.97 Å². The monoisotopic (exact) mass is 264 g/mol. The quantitative estimate of drug-likeness (QED) is 0.571. The maximum atomic E-state index is 13.3. The summed E-state index contributed by atoms with van der Waals surface area (Å²) in [7, 11) is 0. The molecule has 0 aromatic carbocycles. The van der Waals surface area contributed by atoms with E-state index in [1.807, 2.05) is 6.92 Å². The molecule has 0 radical (unpaired) electrons. The molecule has 2 saturated carbocycles. The van der Waals surface area contributed by atoms with E-state index in [1.165, 1.54) is 0 Å². The number of halogens is 3. The molecule has 104 valence electrons. The Morgan fingerprint density at radius 2 is 2.11 bits per heavy atom. The van der Waals surface area contributed by atoms with Crippen LogP contribution in [0.1, 0.15) is 45.4 Å². The zero-order valence-corrected chi connectivity index (χ0v) is 10.6. The predicted octanol–water partition coefficient (Wildman–Crippen LogP) is 3.70. The number of hydrogen-bond acceptors (Lipinski definition) is 2. The molecule has 2 bridgehead atoms. The summed E-state index contributed by atoms with van der Waals surface area (Å²) in [5.74, 6) is -1.54. The van der Waals surface area contributed by atoms with Gasteiger partial charge in [0.25, 0.3) is 0 Å². The van der Waals surface area contributed by atoms with Gasteiger partial charge in [-0.15, -0.1) is 0 Å². The van der Waals surface area contributed by atoms with Crippen molar-refractivity contribution in [3.63, 3.8) is 0 Å². The number of fused-ring (bicyclic) bond motifs is 2. The minimum atomic E-state index is -4.48. The molecular formula is C13H19F3O2. The highest BCUT2D eigenvalue weighted by molar-refractivity contribution is 5.79. The normalized spacial score (nSPS) is 34.9. The van der Waals surface area contributed by atoms with Crippen LogP contribution < -0.4 is 0 Å². The van der Waals surface area contributed by atoms with Crippen molar-refractivity contribution in [2.75, 3.05) is 6.61 Å². The maximum absolute atomic E-state index is 13.3. The Morgan fingerprint density at radius 3 is 2.56 bits per heavy atom. The van der Waals surface area contributed by atoms with Crippen LogP contribution in [0.3, 0.4) is 0 Å². The van der Waals surface area contributed by atoms with Crippen molar-refractivity contribution in [1.82, 2.24) is 0 Å². The molecule has 5 heteroatoms. The van der Waals surface area contributed by atoms with E-state index < -0.39 is 23.5 Å². The van der Waals surface area contributed by atoms with E-state index >= 15 is 0 Å². The second kappa shape index (κ2) is 4.74. The lowest BCUT2D eigenvalue weighted by Gasteiger charge is -2.36. The molecule has 0 heterocycles. The van der Waals surface area contributed by atoms with Crippen molar-refractivity contribution in [1.29, 1.82) is 0 Å². The van der Waals surface area contributed by atoms with Gasteiger partial charge in [0.15, 0.2) is 5.41 Å². The highest BCUT2D eigenvalue weighted by Crippen LogP contribution is 2.62. The van der Waals surface area contributed by atoms with E-state index in [0.717, 1.165) is 12.8 Å². The summed E-state index contributed by atoms with van der Waals surface area (Å²) in [6.45, 7) is 2.01. The van der Waals surface area contributed by atoms with Gasteiger partial charge < -0.3 is 4.74 Å². The van der Waals surface area contributed by atoms with Gasteiger partial charge in [-0.2, -0.15) is 13.2 Å². The molecule has 0 amide bonds. The van der Waals surface area contributed by atoms with Gasteiger partial charge in [-0.25, -0.2) is 0 Å². The smallest absolute Gasteiger partial charge is 0.405 e. The number of esters is 1. The third-order valence-corrected chi connectivity index (χ3v) is 4.45. The van der Waals surface area contributed by atoms with E-state index in [1.54, 1.807) is 0 Å². The molecule has 0 aromatic rings. The summed E-state index contributed by atoms with van der Waals surface area (Å²) in [6.07, 6.45) is -1.26. The molecule has 2 aliphatic rings. The van der Waals surface area contributed by atoms with Crippen LogP contribution in [0.15, 0.2) is 0 Å². The molecule has 18 heavy (non-hydrogen) atoms. The lowest BCUT2D eigenvalue weighted by atomic mass is 9.72. The molecule has 2 aliphatic carbocycles. The third kappa shape index (κ3) is 2.01. The third-order valence-electron chi connectivity index (χ3n) is 4.45. The zero-order valence-electron chi connectivity index (χ0n) is 10.6. The number of carbonyl (C=O) groups excluding carboxylic acids is 1. The van der Waals surface area contributed by atoms with Crippen LogP contribution in [0.2, 0.25) is 0 Å². The van der Waals surface area contributed by atoms with E-state index in [4.69, 9.17) is 4.74 Å². The van der Waals surface area contributed by atoms with E-state index in [9.17, 15) is 18.0 Å². The van der Waals surface area contributed by atoms with Crippen molar-refractivity contribution in [2.45, 2.75) is 51.6 Å². The molecule has 0 saturated heterocycles. The average Bonchev–Trinajstić information content (AvgIpc) is 2.88. The Labute approximate surface area is 105 Å². The summed E-state index contributed by atoms with van der Waals surface area (Å²) in [4.78, 5) is 11.9. The molecule has 0 N–H and O–H groups in total. The molecule has 3 unspecified atom stereocenters. The van der Waals surface area contributed by atoms with Crippen LogP contribution >= 0.6 is 0 Å². The molecule has 0 spiro atoms. The van der Waals surface area contributed by atoms with E-state index in [0.29, 0.717) is 19.3 Å². The van der Waals surface area contributed by atoms with Crippen molar-refractivity contribution in [3.8, 4) is 0 Å². The largest absolute Gasteiger partial charge is 0.465 e. The van der Waals surface area contributed by atoms with Crippen molar-refractivity contribution in [3.05, 3.63) is 0 Å². The van der Waals surface area contributed by atoms with Gasteiger partial charge in [0.1, 0.15) is 0 Å². The Morgan fingerprint density at radius 1 is 1.39 bits per heavy atom. The fraction of sp³-hybridized carbons (Fsp3) is 0.923. The number of alkyl halides is 3. The van der Waals surface area contributed by atoms with E-state index in [-0.39, 0.29) is 18.9 Å². The standard InChI is InChI=1S/C13H19F3O2/c1-2-3-6-18-11(17)12(13(14,15)16)8-9-4-5-10(12)7-9/h9-10H,2-8H2,1H3. The number of rotatable bonds is 4. The van der Waals surface area contributed by atoms with Crippen molar-refractivity contribution < 1.29 is 22.7 Å². The number of ether oxygens (including phenoxy) is 1. The second-order valence-electron chi connectivity index (χ2n) is 5.54. The van der Waals surface area contributed by atoms with Crippen LogP contribution in [0.4, 0.5) is 13.2 Å². The first-order chi connectivity index (χ1) is 8.41. The van der Waals surface area contributed by atoms with Crippen LogP contribution in [0, 0.1) is 17.3 Å². The Hall–Kier alpha value is -0.740. The zero-order chi connectivity index (χ0) is 13.4. The summed E-state index contributed by atoms with van der Waals surface area (Å²) >= 11 is 0. The summed E-state index contributed by atoms with van der Waals surface area (Å²) < 4.78 is 44.9. The molecular weight excluding hydrogens is 245 g/mol. The highest BCUT2D eigenvalue weighted by Gasteiger charge is 2.70. The maximum Gasteiger partial charge on any atom is 0.405 e. The van der Waals surface area contributed by atoms with Crippen LogP contribution in [0.25, 0.3) is 0 Å². The summed E-state index contributed by atoms with van der Waals surface area (Å²) in [6, 6.07) is 0. The molecule has 2 fully saturated rings. The van der Waals surface area contributed by atoms with Crippen molar-refractivity contribution in [2.24, 2.45) is 17.3 Å². The highest BCUT2D eigenvalue weighted by atomic mass is 19.4. The summed E-state index contributed by atoms with van der Waals surface area (Å²) in [5, 5.41) is 0. The van der Waals surface area contributed by atoms with Crippen LogP contribution in [0.5, 0.6) is 0 Å². The Balaban J connectivity index is 2.14. The van der Waals surface area contributed by atoms with Gasteiger partial charge in [0.05, 0.1) is 6.61 Å². The topological polar surface area (TPSA) is 26.3 Å². The molecule has 2 nitrogen and oxygen atoms in total. The molecule has 0 aromatic heterocycles. The molecule has 3 atom stereocenters. The molecule has 2 rings (SSSR count). The minimum Gasteiger partial charge on any atom is -0.465 e. The van der Waals surface area contributed by atoms with E-state index in [2.05, 4.69) is 0 Å². The molecule has 0 aliphatic heterocycles. The SMILES string of the molecule is CCCCOC(=O)C1(C(F)(F)F)CC2CCC1C2. The lowest BCUT2D eigenvalue weighted by molar-refractivity contribution is -0.248. The second-order valence-corrected chi connectivity index (χ2v) is 5.54. The van der Waals surface area contributed by atoms with Gasteiger partial charge in [-0.1, -0.05) is 19.8 Å². The van der Waals surface area contributed by atoms with Gasteiger partial charge in [0.2, 0.25) is 0 Å². The first kappa shape index (κ1) is 13.7. The first-order valence-electron chi connectivity index (χ1n) is 6.65. The minimum absolute atomic E-state index is 0.0513. The Bertz CT molecular complexity index is 327. The number of hydrogen-bond donors (Lipinski definition) is 0. The predicted molar refractivity (Wildman–Crippen MR) is 59.8 cm³/mol.